The molecule has 0 bridgehead atoms. The molecular formula is C12H15N3O3S. The summed E-state index contributed by atoms with van der Waals surface area (Å²) in [6.07, 6.45) is 2.28. The van der Waals surface area contributed by atoms with Crippen LogP contribution < -0.4 is 5.32 Å². The molecule has 1 aromatic rings. The fourth-order valence-corrected chi connectivity index (χ4v) is 3.11. The van der Waals surface area contributed by atoms with Crippen molar-refractivity contribution in [2.75, 3.05) is 32.1 Å². The van der Waals surface area contributed by atoms with Gasteiger partial charge in [-0.15, -0.1) is 11.3 Å². The third kappa shape index (κ3) is 2.71. The lowest BCUT2D eigenvalue weighted by Gasteiger charge is -2.20. The van der Waals surface area contributed by atoms with Crippen LogP contribution in [0.25, 0.3) is 0 Å². The van der Waals surface area contributed by atoms with E-state index in [9.17, 15) is 4.79 Å². The molecule has 0 unspecified atom stereocenters. The molecule has 2 aliphatic rings. The van der Waals surface area contributed by atoms with E-state index in [1.165, 1.54) is 22.5 Å². The highest BCUT2D eigenvalue weighted by Gasteiger charge is 2.21. The van der Waals surface area contributed by atoms with Crippen LogP contribution in [-0.2, 0) is 27.2 Å². The summed E-state index contributed by atoms with van der Waals surface area (Å²) < 4.78 is 10.3. The molecule has 0 radical (unpaired) electrons. The number of aromatic nitrogens is 1. The van der Waals surface area contributed by atoms with E-state index in [4.69, 9.17) is 9.47 Å². The minimum absolute atomic E-state index is 0.205. The molecular weight excluding hydrogens is 266 g/mol. The first-order chi connectivity index (χ1) is 9.22. The van der Waals surface area contributed by atoms with Gasteiger partial charge < -0.3 is 14.4 Å². The molecule has 6 nitrogen and oxygen atoms in total. The third-order valence-corrected chi connectivity index (χ3v) is 4.01. The van der Waals surface area contributed by atoms with Crippen molar-refractivity contribution in [2.45, 2.75) is 13.0 Å². The van der Waals surface area contributed by atoms with Crippen LogP contribution in [-0.4, -0.2) is 42.6 Å². The van der Waals surface area contributed by atoms with Gasteiger partial charge in [0, 0.05) is 24.4 Å². The first-order valence-electron chi connectivity index (χ1n) is 6.15. The van der Waals surface area contributed by atoms with Gasteiger partial charge in [0.15, 0.2) is 5.13 Å². The molecule has 2 aliphatic heterocycles. The summed E-state index contributed by atoms with van der Waals surface area (Å²) in [7, 11) is 2.08. The number of carbonyl (C=O) groups is 1. The van der Waals surface area contributed by atoms with Gasteiger partial charge in [-0.3, -0.25) is 10.1 Å². The molecule has 1 amide bonds. The normalized spacial score (nSPS) is 18.9. The molecule has 0 saturated heterocycles. The fourth-order valence-electron chi connectivity index (χ4n) is 2.02. The zero-order valence-electron chi connectivity index (χ0n) is 10.6. The second-order valence-corrected chi connectivity index (χ2v) is 5.62. The largest absolute Gasteiger partial charge is 0.494 e. The maximum atomic E-state index is 11.9. The lowest BCUT2D eigenvalue weighted by atomic mass is 10.2. The summed E-state index contributed by atoms with van der Waals surface area (Å²) in [4.78, 5) is 19.8. The van der Waals surface area contributed by atoms with Gasteiger partial charge in [-0.05, 0) is 7.05 Å². The van der Waals surface area contributed by atoms with Crippen LogP contribution in [0.3, 0.4) is 0 Å². The van der Waals surface area contributed by atoms with E-state index in [-0.39, 0.29) is 11.7 Å². The molecule has 0 atom stereocenters. The highest BCUT2D eigenvalue weighted by atomic mass is 32.1. The van der Waals surface area contributed by atoms with Crippen LogP contribution in [0, 0.1) is 0 Å². The Morgan fingerprint density at radius 3 is 3.21 bits per heavy atom. The van der Waals surface area contributed by atoms with Crippen molar-refractivity contribution in [3.63, 3.8) is 0 Å². The maximum Gasteiger partial charge on any atom is 0.295 e. The van der Waals surface area contributed by atoms with E-state index >= 15 is 0 Å². The Hall–Kier alpha value is -1.60. The molecule has 7 heteroatoms. The van der Waals surface area contributed by atoms with Gasteiger partial charge in [0.2, 0.25) is 5.76 Å². The van der Waals surface area contributed by atoms with Gasteiger partial charge in [-0.25, -0.2) is 4.98 Å². The predicted octanol–water partition coefficient (Wildman–Crippen LogP) is 0.958. The molecule has 102 valence electrons. The Morgan fingerprint density at radius 1 is 1.53 bits per heavy atom. The van der Waals surface area contributed by atoms with Gasteiger partial charge in [0.25, 0.3) is 5.91 Å². The average Bonchev–Trinajstić information content (AvgIpc) is 2.81. The summed E-state index contributed by atoms with van der Waals surface area (Å²) in [5.74, 6) is -0.101. The lowest BCUT2D eigenvalue weighted by molar-refractivity contribution is -0.117. The van der Waals surface area contributed by atoms with E-state index < -0.39 is 0 Å². The number of fused-ring (bicyclic) bond motifs is 1. The number of likely N-dealkylation sites (N-methyl/N-ethyl adjacent to an activating group) is 1. The first kappa shape index (κ1) is 12.4. The molecule has 3 heterocycles. The quantitative estimate of drug-likeness (QED) is 0.874. The minimum Gasteiger partial charge on any atom is -0.494 e. The van der Waals surface area contributed by atoms with Crippen molar-refractivity contribution in [1.29, 1.82) is 0 Å². The van der Waals surface area contributed by atoms with Gasteiger partial charge in [-0.1, -0.05) is 0 Å². The zero-order chi connectivity index (χ0) is 13.2. The van der Waals surface area contributed by atoms with E-state index in [2.05, 4.69) is 22.2 Å². The summed E-state index contributed by atoms with van der Waals surface area (Å²) in [5.41, 5.74) is 1.09. The highest BCUT2D eigenvalue weighted by molar-refractivity contribution is 7.15. The molecule has 0 saturated carbocycles. The molecule has 0 spiro atoms. The van der Waals surface area contributed by atoms with Gasteiger partial charge in [0.1, 0.15) is 19.5 Å². The van der Waals surface area contributed by atoms with Crippen molar-refractivity contribution in [3.8, 4) is 0 Å². The number of carbonyl (C=O) groups excluding carboxylic acids is 1. The summed E-state index contributed by atoms with van der Waals surface area (Å²) >= 11 is 1.52. The van der Waals surface area contributed by atoms with Gasteiger partial charge in [0.05, 0.1) is 5.69 Å². The Morgan fingerprint density at radius 2 is 2.42 bits per heavy atom. The Labute approximate surface area is 115 Å². The van der Waals surface area contributed by atoms with Crippen molar-refractivity contribution >= 4 is 22.4 Å². The van der Waals surface area contributed by atoms with E-state index in [0.29, 0.717) is 18.3 Å². The van der Waals surface area contributed by atoms with E-state index in [0.717, 1.165) is 25.2 Å². The average molecular weight is 281 g/mol. The molecule has 1 aromatic heterocycles. The molecule has 0 aromatic carbocycles. The van der Waals surface area contributed by atoms with Gasteiger partial charge >= 0.3 is 0 Å². The SMILES string of the molecule is CN1CCc2nc(NC(=O)C3=COCCO3)sc2C1. The fraction of sp³-hybridized carbons (Fsp3) is 0.500. The van der Waals surface area contributed by atoms with Crippen molar-refractivity contribution in [3.05, 3.63) is 22.6 Å². The smallest absolute Gasteiger partial charge is 0.295 e. The van der Waals surface area contributed by atoms with Crippen molar-refractivity contribution < 1.29 is 14.3 Å². The maximum absolute atomic E-state index is 11.9. The number of ether oxygens (including phenoxy) is 2. The van der Waals surface area contributed by atoms with Crippen LogP contribution in [0.4, 0.5) is 5.13 Å². The topological polar surface area (TPSA) is 63.7 Å². The summed E-state index contributed by atoms with van der Waals surface area (Å²) in [6, 6.07) is 0. The second kappa shape index (κ2) is 5.18. The Kier molecular flexibility index (Phi) is 3.39. The Balaban J connectivity index is 1.70. The summed E-state index contributed by atoms with van der Waals surface area (Å²) in [6.45, 7) is 2.78. The Bertz CT molecular complexity index is 526. The second-order valence-electron chi connectivity index (χ2n) is 4.53. The molecule has 0 fully saturated rings. The lowest BCUT2D eigenvalue weighted by Crippen LogP contribution is -2.25. The van der Waals surface area contributed by atoms with Crippen molar-refractivity contribution in [2.24, 2.45) is 0 Å². The number of rotatable bonds is 2. The predicted molar refractivity (Wildman–Crippen MR) is 70.8 cm³/mol. The number of nitrogens with one attached hydrogen (secondary N) is 1. The number of hydrogen-bond acceptors (Lipinski definition) is 6. The van der Waals surface area contributed by atoms with Crippen LogP contribution in [0.2, 0.25) is 0 Å². The van der Waals surface area contributed by atoms with Crippen LogP contribution in [0.15, 0.2) is 12.0 Å². The van der Waals surface area contributed by atoms with Gasteiger partial charge in [-0.2, -0.15) is 0 Å². The number of thiazole rings is 1. The number of anilines is 1. The minimum atomic E-state index is -0.306. The molecule has 1 N–H and O–H groups in total. The number of nitrogens with zero attached hydrogens (tertiary/aromatic N) is 2. The van der Waals surface area contributed by atoms with Crippen LogP contribution >= 0.6 is 11.3 Å². The van der Waals surface area contributed by atoms with Crippen LogP contribution in [0.5, 0.6) is 0 Å². The van der Waals surface area contributed by atoms with Crippen LogP contribution in [0.1, 0.15) is 10.6 Å². The summed E-state index contributed by atoms with van der Waals surface area (Å²) in [5, 5.41) is 3.39. The highest BCUT2D eigenvalue weighted by Crippen LogP contribution is 2.28. The monoisotopic (exact) mass is 281 g/mol. The standard InChI is InChI=1S/C12H15N3O3S/c1-15-3-2-8-10(6-15)19-12(13-8)14-11(16)9-7-17-4-5-18-9/h7H,2-6H2,1H3,(H,13,14,16). The van der Waals surface area contributed by atoms with E-state index in [1.54, 1.807) is 0 Å². The third-order valence-electron chi connectivity index (χ3n) is 3.02. The van der Waals surface area contributed by atoms with E-state index in [1.807, 2.05) is 0 Å². The number of hydrogen-bond donors (Lipinski definition) is 1. The van der Waals surface area contributed by atoms with Crippen molar-refractivity contribution in [1.82, 2.24) is 9.88 Å². The zero-order valence-corrected chi connectivity index (χ0v) is 11.5. The molecule has 0 aliphatic carbocycles. The molecule has 3 rings (SSSR count). The number of amides is 1. The molecule has 19 heavy (non-hydrogen) atoms. The first-order valence-corrected chi connectivity index (χ1v) is 6.97.